The summed E-state index contributed by atoms with van der Waals surface area (Å²) < 4.78 is 5.83. The topological polar surface area (TPSA) is 47.0 Å². The number of hydrogen-bond acceptors (Lipinski definition) is 4. The molecule has 0 radical (unpaired) electrons. The molecule has 4 nitrogen and oxygen atoms in total. The van der Waals surface area contributed by atoms with Crippen LogP contribution in [0.3, 0.4) is 0 Å². The van der Waals surface area contributed by atoms with E-state index < -0.39 is 0 Å². The molecule has 1 N–H and O–H groups in total. The Balaban J connectivity index is 1.90. The van der Waals surface area contributed by atoms with Crippen molar-refractivity contribution in [2.24, 2.45) is 0 Å². The van der Waals surface area contributed by atoms with E-state index in [1.807, 2.05) is 37.3 Å². The summed E-state index contributed by atoms with van der Waals surface area (Å²) in [4.78, 5) is 8.22. The fourth-order valence-corrected chi connectivity index (χ4v) is 2.42. The van der Waals surface area contributed by atoms with Crippen LogP contribution in [0.4, 0.5) is 5.82 Å². The number of halogens is 1. The summed E-state index contributed by atoms with van der Waals surface area (Å²) in [5.74, 6) is 1.66. The average Bonchev–Trinajstić information content (AvgIpc) is 2.53. The van der Waals surface area contributed by atoms with E-state index in [1.54, 1.807) is 0 Å². The Morgan fingerprint density at radius 2 is 2.14 bits per heavy atom. The van der Waals surface area contributed by atoms with Crippen molar-refractivity contribution in [2.45, 2.75) is 19.8 Å². The van der Waals surface area contributed by atoms with Crippen LogP contribution in [0.25, 0.3) is 0 Å². The average molecular weight is 318 g/mol. The van der Waals surface area contributed by atoms with Crippen molar-refractivity contribution in [1.29, 1.82) is 0 Å². The zero-order valence-corrected chi connectivity index (χ0v) is 13.4. The van der Waals surface area contributed by atoms with Gasteiger partial charge in [-0.15, -0.1) is 6.58 Å². The molecule has 116 valence electrons. The molecule has 0 atom stereocenters. The number of allylic oxidation sites excluding steroid dienone is 1. The van der Waals surface area contributed by atoms with Gasteiger partial charge in [0.25, 0.3) is 0 Å². The highest BCUT2D eigenvalue weighted by Gasteiger charge is 2.07. The van der Waals surface area contributed by atoms with Crippen LogP contribution < -0.4 is 10.1 Å². The Labute approximate surface area is 136 Å². The predicted octanol–water partition coefficient (Wildman–Crippen LogP) is 3.91. The lowest BCUT2D eigenvalue weighted by molar-refractivity contribution is 0.330. The molecule has 0 saturated heterocycles. The van der Waals surface area contributed by atoms with Gasteiger partial charge in [0.2, 0.25) is 0 Å². The minimum atomic E-state index is 0.497. The lowest BCUT2D eigenvalue weighted by Crippen LogP contribution is -2.14. The normalized spacial score (nSPS) is 10.3. The fraction of sp³-hybridized carbons (Fsp3) is 0.294. The number of benzene rings is 1. The molecule has 0 fully saturated rings. The van der Waals surface area contributed by atoms with Crippen molar-refractivity contribution in [3.8, 4) is 5.75 Å². The third-order valence-corrected chi connectivity index (χ3v) is 3.56. The second-order valence-corrected chi connectivity index (χ2v) is 5.08. The fourth-order valence-electron chi connectivity index (χ4n) is 2.16. The van der Waals surface area contributed by atoms with Crippen molar-refractivity contribution in [3.05, 3.63) is 59.5 Å². The minimum absolute atomic E-state index is 0.497. The van der Waals surface area contributed by atoms with Gasteiger partial charge in [-0.2, -0.15) is 0 Å². The van der Waals surface area contributed by atoms with Gasteiger partial charge in [-0.25, -0.2) is 9.97 Å². The number of hydrogen-bond donors (Lipinski definition) is 1. The van der Waals surface area contributed by atoms with E-state index in [9.17, 15) is 0 Å². The summed E-state index contributed by atoms with van der Waals surface area (Å²) in [6.45, 7) is 6.97. The molecular weight excluding hydrogens is 298 g/mol. The summed E-state index contributed by atoms with van der Waals surface area (Å²) in [5, 5.41) is 3.74. The number of aromatic nitrogens is 2. The largest absolute Gasteiger partial charge is 0.491 e. The molecule has 0 aliphatic heterocycles. The number of rotatable bonds is 8. The van der Waals surface area contributed by atoms with Crippen LogP contribution >= 0.6 is 11.6 Å². The monoisotopic (exact) mass is 317 g/mol. The van der Waals surface area contributed by atoms with E-state index in [0.29, 0.717) is 18.3 Å². The first-order chi connectivity index (χ1) is 10.8. The van der Waals surface area contributed by atoms with Gasteiger partial charge in [0.15, 0.2) is 0 Å². The zero-order chi connectivity index (χ0) is 15.8. The van der Waals surface area contributed by atoms with Crippen LogP contribution in [-0.2, 0) is 12.8 Å². The smallest absolute Gasteiger partial charge is 0.137 e. The molecule has 1 aromatic carbocycles. The molecule has 2 aromatic rings. The molecule has 1 heterocycles. The summed E-state index contributed by atoms with van der Waals surface area (Å²) in [6, 6.07) is 7.98. The predicted molar refractivity (Wildman–Crippen MR) is 90.7 cm³/mol. The molecule has 0 amide bonds. The Morgan fingerprint density at radius 1 is 1.32 bits per heavy atom. The summed E-state index contributed by atoms with van der Waals surface area (Å²) in [6.07, 6.45) is 4.91. The molecule has 22 heavy (non-hydrogen) atoms. The molecule has 1 aromatic heterocycles. The molecule has 0 saturated carbocycles. The van der Waals surface area contributed by atoms with Crippen LogP contribution in [0.15, 0.2) is 43.2 Å². The van der Waals surface area contributed by atoms with E-state index in [4.69, 9.17) is 16.3 Å². The zero-order valence-electron chi connectivity index (χ0n) is 12.7. The van der Waals surface area contributed by atoms with Crippen LogP contribution in [0.2, 0.25) is 5.15 Å². The minimum Gasteiger partial charge on any atom is -0.491 e. The van der Waals surface area contributed by atoms with Gasteiger partial charge in [-0.3, -0.25) is 0 Å². The van der Waals surface area contributed by atoms with Gasteiger partial charge in [-0.1, -0.05) is 42.8 Å². The standard InChI is InChI=1S/C17H20ClN3O/c1-3-7-13-8-5-6-9-15(13)22-11-10-19-17-14(4-2)16(18)20-12-21-17/h3,5-6,8-9,12H,1,4,7,10-11H2,2H3,(H,19,20,21). The van der Waals surface area contributed by atoms with E-state index in [0.717, 1.165) is 35.5 Å². The van der Waals surface area contributed by atoms with Gasteiger partial charge >= 0.3 is 0 Å². The maximum absolute atomic E-state index is 6.06. The lowest BCUT2D eigenvalue weighted by Gasteiger charge is -2.13. The van der Waals surface area contributed by atoms with Gasteiger partial charge in [-0.05, 0) is 24.5 Å². The van der Waals surface area contributed by atoms with Crippen molar-refractivity contribution in [1.82, 2.24) is 9.97 Å². The molecule has 0 aliphatic carbocycles. The molecule has 5 heteroatoms. The number of nitrogens with zero attached hydrogens (tertiary/aromatic N) is 2. The molecule has 0 unspecified atom stereocenters. The highest BCUT2D eigenvalue weighted by Crippen LogP contribution is 2.20. The number of para-hydroxylation sites is 1. The van der Waals surface area contributed by atoms with Crippen molar-refractivity contribution in [3.63, 3.8) is 0 Å². The Bertz CT molecular complexity index is 631. The third-order valence-electron chi connectivity index (χ3n) is 3.24. The summed E-state index contributed by atoms with van der Waals surface area (Å²) in [5.41, 5.74) is 2.06. The second kappa shape index (κ2) is 8.39. The maximum atomic E-state index is 6.06. The van der Waals surface area contributed by atoms with Crippen molar-refractivity contribution >= 4 is 17.4 Å². The molecule has 0 bridgehead atoms. The van der Waals surface area contributed by atoms with Crippen LogP contribution in [0, 0.1) is 0 Å². The highest BCUT2D eigenvalue weighted by atomic mass is 35.5. The number of anilines is 1. The first kappa shape index (κ1) is 16.3. The number of nitrogens with one attached hydrogen (secondary N) is 1. The Morgan fingerprint density at radius 3 is 2.91 bits per heavy atom. The lowest BCUT2D eigenvalue weighted by atomic mass is 10.1. The van der Waals surface area contributed by atoms with Crippen LogP contribution in [0.1, 0.15) is 18.1 Å². The highest BCUT2D eigenvalue weighted by molar-refractivity contribution is 6.30. The van der Waals surface area contributed by atoms with Crippen molar-refractivity contribution in [2.75, 3.05) is 18.5 Å². The van der Waals surface area contributed by atoms with Gasteiger partial charge < -0.3 is 10.1 Å². The van der Waals surface area contributed by atoms with E-state index in [1.165, 1.54) is 6.33 Å². The van der Waals surface area contributed by atoms with Crippen LogP contribution in [-0.4, -0.2) is 23.1 Å². The quantitative estimate of drug-likeness (QED) is 0.455. The number of ether oxygens (including phenoxy) is 1. The molecule has 0 spiro atoms. The SMILES string of the molecule is C=CCc1ccccc1OCCNc1ncnc(Cl)c1CC. The summed E-state index contributed by atoms with van der Waals surface area (Å²) in [7, 11) is 0. The van der Waals surface area contributed by atoms with Gasteiger partial charge in [0, 0.05) is 5.56 Å². The molecule has 0 aliphatic rings. The van der Waals surface area contributed by atoms with E-state index in [2.05, 4.69) is 21.9 Å². The van der Waals surface area contributed by atoms with Gasteiger partial charge in [0.05, 0.1) is 6.54 Å². The first-order valence-corrected chi connectivity index (χ1v) is 7.68. The Kier molecular flexibility index (Phi) is 6.22. The van der Waals surface area contributed by atoms with E-state index in [-0.39, 0.29) is 0 Å². The second-order valence-electron chi connectivity index (χ2n) is 4.72. The summed E-state index contributed by atoms with van der Waals surface area (Å²) >= 11 is 6.06. The van der Waals surface area contributed by atoms with Crippen molar-refractivity contribution < 1.29 is 4.74 Å². The van der Waals surface area contributed by atoms with Gasteiger partial charge in [0.1, 0.15) is 29.7 Å². The Hall–Kier alpha value is -2.07. The van der Waals surface area contributed by atoms with E-state index >= 15 is 0 Å². The van der Waals surface area contributed by atoms with Crippen LogP contribution in [0.5, 0.6) is 5.75 Å². The first-order valence-electron chi connectivity index (χ1n) is 7.31. The molecule has 2 rings (SSSR count). The molecular formula is C17H20ClN3O. The third kappa shape index (κ3) is 4.21. The maximum Gasteiger partial charge on any atom is 0.137 e.